The highest BCUT2D eigenvalue weighted by atomic mass is 35.5. The Balaban J connectivity index is 1.74. The van der Waals surface area contributed by atoms with Crippen LogP contribution >= 0.6 is 11.6 Å². The molecule has 2 amide bonds. The van der Waals surface area contributed by atoms with Gasteiger partial charge in [-0.25, -0.2) is 0 Å². The Bertz CT molecular complexity index is 768. The number of halogens is 1. The van der Waals surface area contributed by atoms with Gasteiger partial charge in [0.1, 0.15) is 0 Å². The number of anilines is 1. The van der Waals surface area contributed by atoms with Gasteiger partial charge in [0.2, 0.25) is 0 Å². The van der Waals surface area contributed by atoms with Gasteiger partial charge in [0.25, 0.3) is 11.8 Å². The number of amides is 2. The summed E-state index contributed by atoms with van der Waals surface area (Å²) in [6, 6.07) is 13.9. The van der Waals surface area contributed by atoms with Crippen LogP contribution in [0.5, 0.6) is 0 Å². The predicted octanol–water partition coefficient (Wildman–Crippen LogP) is 4.61. The van der Waals surface area contributed by atoms with Crippen molar-refractivity contribution in [2.45, 2.75) is 25.7 Å². The van der Waals surface area contributed by atoms with E-state index in [0.29, 0.717) is 21.8 Å². The molecule has 0 saturated carbocycles. The third kappa shape index (κ3) is 4.60. The van der Waals surface area contributed by atoms with Gasteiger partial charge in [-0.2, -0.15) is 0 Å². The molecule has 5 heteroatoms. The number of hydrogen-bond acceptors (Lipinski definition) is 2. The minimum absolute atomic E-state index is 0.000643. The summed E-state index contributed by atoms with van der Waals surface area (Å²) in [4.78, 5) is 27.0. The second-order valence-electron chi connectivity index (χ2n) is 6.25. The zero-order chi connectivity index (χ0) is 17.6. The molecule has 1 saturated heterocycles. The van der Waals surface area contributed by atoms with Crippen LogP contribution in [0, 0.1) is 0 Å². The fourth-order valence-electron chi connectivity index (χ4n) is 3.02. The molecule has 0 unspecified atom stereocenters. The lowest BCUT2D eigenvalue weighted by molar-refractivity contribution is 0.0761. The minimum Gasteiger partial charge on any atom is -0.339 e. The first-order valence-electron chi connectivity index (χ1n) is 8.60. The first-order valence-corrected chi connectivity index (χ1v) is 8.97. The monoisotopic (exact) mass is 356 g/mol. The van der Waals surface area contributed by atoms with Crippen LogP contribution in [0.4, 0.5) is 5.69 Å². The van der Waals surface area contributed by atoms with Crippen molar-refractivity contribution < 1.29 is 9.59 Å². The largest absolute Gasteiger partial charge is 0.339 e. The highest BCUT2D eigenvalue weighted by Crippen LogP contribution is 2.17. The first kappa shape index (κ1) is 17.5. The van der Waals surface area contributed by atoms with Crippen molar-refractivity contribution in [3.05, 3.63) is 64.7 Å². The summed E-state index contributed by atoms with van der Waals surface area (Å²) in [7, 11) is 0. The lowest BCUT2D eigenvalue weighted by atomic mass is 10.1. The van der Waals surface area contributed by atoms with Crippen LogP contribution in [0.15, 0.2) is 48.5 Å². The van der Waals surface area contributed by atoms with E-state index in [4.69, 9.17) is 11.6 Å². The standard InChI is InChI=1S/C20H21ClN2O2/c21-17-9-6-10-18(14-17)22-19(24)15-7-5-8-16(13-15)20(25)23-11-3-1-2-4-12-23/h5-10,13-14H,1-4,11-12H2,(H,22,24). The fraction of sp³-hybridized carbons (Fsp3) is 0.300. The van der Waals surface area contributed by atoms with Crippen LogP contribution in [-0.2, 0) is 0 Å². The number of benzene rings is 2. The molecule has 1 aliphatic rings. The maximum Gasteiger partial charge on any atom is 0.255 e. The molecule has 0 radical (unpaired) electrons. The Morgan fingerprint density at radius 2 is 1.56 bits per heavy atom. The molecule has 3 rings (SSSR count). The normalized spacial score (nSPS) is 14.7. The van der Waals surface area contributed by atoms with Gasteiger partial charge in [-0.15, -0.1) is 0 Å². The molecule has 4 nitrogen and oxygen atoms in total. The summed E-state index contributed by atoms with van der Waals surface area (Å²) >= 11 is 5.94. The van der Waals surface area contributed by atoms with Gasteiger partial charge in [-0.1, -0.05) is 36.6 Å². The van der Waals surface area contributed by atoms with Crippen LogP contribution in [0.1, 0.15) is 46.4 Å². The number of rotatable bonds is 3. The van der Waals surface area contributed by atoms with Crippen molar-refractivity contribution in [2.24, 2.45) is 0 Å². The van der Waals surface area contributed by atoms with Gasteiger partial charge < -0.3 is 10.2 Å². The molecule has 0 atom stereocenters. The second-order valence-corrected chi connectivity index (χ2v) is 6.69. The fourth-order valence-corrected chi connectivity index (χ4v) is 3.21. The number of hydrogen-bond donors (Lipinski definition) is 1. The van der Waals surface area contributed by atoms with Crippen molar-refractivity contribution in [1.82, 2.24) is 4.90 Å². The lowest BCUT2D eigenvalue weighted by Gasteiger charge is -2.20. The van der Waals surface area contributed by atoms with Crippen LogP contribution in [0.25, 0.3) is 0 Å². The van der Waals surface area contributed by atoms with Crippen molar-refractivity contribution in [3.8, 4) is 0 Å². The zero-order valence-corrected chi connectivity index (χ0v) is 14.8. The Kier molecular flexibility index (Phi) is 5.71. The molecular weight excluding hydrogens is 336 g/mol. The van der Waals surface area contributed by atoms with E-state index < -0.39 is 0 Å². The smallest absolute Gasteiger partial charge is 0.255 e. The molecule has 0 bridgehead atoms. The van der Waals surface area contributed by atoms with Gasteiger partial charge in [0.05, 0.1) is 0 Å². The molecule has 2 aromatic carbocycles. The number of carbonyl (C=O) groups excluding carboxylic acids is 2. The van der Waals surface area contributed by atoms with Gasteiger partial charge >= 0.3 is 0 Å². The van der Waals surface area contributed by atoms with Crippen molar-refractivity contribution in [2.75, 3.05) is 18.4 Å². The Morgan fingerprint density at radius 3 is 2.28 bits per heavy atom. The zero-order valence-electron chi connectivity index (χ0n) is 14.0. The molecule has 1 N–H and O–H groups in total. The second kappa shape index (κ2) is 8.17. The molecule has 25 heavy (non-hydrogen) atoms. The van der Waals surface area contributed by atoms with Gasteiger partial charge in [-0.3, -0.25) is 9.59 Å². The summed E-state index contributed by atoms with van der Waals surface area (Å²) in [6.07, 6.45) is 4.43. The van der Waals surface area contributed by atoms with Crippen LogP contribution in [-0.4, -0.2) is 29.8 Å². The topological polar surface area (TPSA) is 49.4 Å². The molecule has 0 aromatic heterocycles. The Hall–Kier alpha value is -2.33. The highest BCUT2D eigenvalue weighted by Gasteiger charge is 2.18. The average molecular weight is 357 g/mol. The molecule has 130 valence electrons. The average Bonchev–Trinajstić information content (AvgIpc) is 2.90. The highest BCUT2D eigenvalue weighted by molar-refractivity contribution is 6.31. The maximum atomic E-state index is 12.7. The summed E-state index contributed by atoms with van der Waals surface area (Å²) in [5.41, 5.74) is 1.64. The van der Waals surface area contributed by atoms with Crippen LogP contribution in [0.3, 0.4) is 0 Å². The summed E-state index contributed by atoms with van der Waals surface area (Å²) in [5.74, 6) is -0.257. The van der Waals surface area contributed by atoms with E-state index in [-0.39, 0.29) is 11.8 Å². The molecule has 1 fully saturated rings. The van der Waals surface area contributed by atoms with E-state index in [2.05, 4.69) is 5.32 Å². The number of carbonyl (C=O) groups is 2. The molecule has 2 aromatic rings. The van der Waals surface area contributed by atoms with Gasteiger partial charge in [-0.05, 0) is 49.2 Å². The van der Waals surface area contributed by atoms with Crippen molar-refractivity contribution in [3.63, 3.8) is 0 Å². The van der Waals surface area contributed by atoms with E-state index in [0.717, 1.165) is 25.9 Å². The molecular formula is C20H21ClN2O2. The molecule has 0 aliphatic carbocycles. The van der Waals surface area contributed by atoms with E-state index >= 15 is 0 Å². The SMILES string of the molecule is O=C(Nc1cccc(Cl)c1)c1cccc(C(=O)N2CCCCCC2)c1. The number of nitrogens with one attached hydrogen (secondary N) is 1. The number of nitrogens with zero attached hydrogens (tertiary/aromatic N) is 1. The van der Waals surface area contributed by atoms with Crippen molar-refractivity contribution in [1.29, 1.82) is 0 Å². The third-order valence-electron chi connectivity index (χ3n) is 4.35. The van der Waals surface area contributed by atoms with Crippen molar-refractivity contribution >= 4 is 29.1 Å². The minimum atomic E-state index is -0.257. The third-order valence-corrected chi connectivity index (χ3v) is 4.58. The van der Waals surface area contributed by atoms with E-state index in [1.165, 1.54) is 12.8 Å². The lowest BCUT2D eigenvalue weighted by Crippen LogP contribution is -2.32. The van der Waals surface area contributed by atoms with Crippen LogP contribution in [0.2, 0.25) is 5.02 Å². The van der Waals surface area contributed by atoms with Crippen LogP contribution < -0.4 is 5.32 Å². The predicted molar refractivity (Wildman–Crippen MR) is 100 cm³/mol. The van der Waals surface area contributed by atoms with Gasteiger partial charge in [0, 0.05) is 34.9 Å². The summed E-state index contributed by atoms with van der Waals surface area (Å²) in [6.45, 7) is 1.58. The number of likely N-dealkylation sites (tertiary alicyclic amines) is 1. The van der Waals surface area contributed by atoms with Gasteiger partial charge in [0.15, 0.2) is 0 Å². The Labute approximate surface area is 152 Å². The Morgan fingerprint density at radius 1 is 0.880 bits per heavy atom. The van der Waals surface area contributed by atoms with E-state index in [1.54, 1.807) is 48.5 Å². The summed E-state index contributed by atoms with van der Waals surface area (Å²) in [5, 5.41) is 3.36. The first-order chi connectivity index (χ1) is 12.1. The van der Waals surface area contributed by atoms with E-state index in [1.807, 2.05) is 4.90 Å². The molecule has 1 aliphatic heterocycles. The molecule has 0 spiro atoms. The summed E-state index contributed by atoms with van der Waals surface area (Å²) < 4.78 is 0. The maximum absolute atomic E-state index is 12.7. The molecule has 1 heterocycles. The quantitative estimate of drug-likeness (QED) is 0.873. The van der Waals surface area contributed by atoms with E-state index in [9.17, 15) is 9.59 Å².